The van der Waals surface area contributed by atoms with Crippen LogP contribution >= 0.6 is 0 Å². The lowest BCUT2D eigenvalue weighted by Gasteiger charge is -2.05. The lowest BCUT2D eigenvalue weighted by Crippen LogP contribution is -2.12. The van der Waals surface area contributed by atoms with Crippen molar-refractivity contribution in [3.05, 3.63) is 65.8 Å². The van der Waals surface area contributed by atoms with Crippen LogP contribution in [-0.4, -0.2) is 15.1 Å². The second-order valence-corrected chi connectivity index (χ2v) is 4.73. The molecule has 1 atom stereocenters. The lowest BCUT2D eigenvalue weighted by atomic mass is 10.1. The van der Waals surface area contributed by atoms with Crippen LogP contribution in [0.25, 0.3) is 11.4 Å². The number of nitrogens with zero attached hydrogens (tertiary/aromatic N) is 3. The molecule has 0 amide bonds. The summed E-state index contributed by atoms with van der Waals surface area (Å²) in [6.45, 7) is 2.07. The quantitative estimate of drug-likeness (QED) is 0.795. The zero-order valence-electron chi connectivity index (χ0n) is 11.7. The summed E-state index contributed by atoms with van der Waals surface area (Å²) in [5.41, 5.74) is 9.13. The molecule has 0 aliphatic heterocycles. The van der Waals surface area contributed by atoms with Crippen molar-refractivity contribution in [2.24, 2.45) is 5.73 Å². The van der Waals surface area contributed by atoms with Crippen molar-refractivity contribution in [3.63, 3.8) is 0 Å². The number of hydrogen-bond donors (Lipinski definition) is 1. The molecular formula is C16H16N4O. The van der Waals surface area contributed by atoms with Crippen molar-refractivity contribution in [3.8, 4) is 11.4 Å². The minimum atomic E-state index is -0.417. The van der Waals surface area contributed by atoms with E-state index in [0.717, 1.165) is 23.1 Å². The van der Waals surface area contributed by atoms with E-state index in [0.29, 0.717) is 11.7 Å². The van der Waals surface area contributed by atoms with Gasteiger partial charge in [0.2, 0.25) is 11.7 Å². The van der Waals surface area contributed by atoms with E-state index in [9.17, 15) is 0 Å². The van der Waals surface area contributed by atoms with Crippen LogP contribution in [0, 0.1) is 0 Å². The standard InChI is InChI=1S/C16H16N4O/c1-2-11-10-18-9-8-13(11)15-19-16(21-20-15)14(17)12-6-4-3-5-7-12/h3-10,14H,2,17H2,1H3. The molecule has 106 valence electrons. The molecule has 1 aromatic carbocycles. The van der Waals surface area contributed by atoms with Gasteiger partial charge in [0, 0.05) is 18.0 Å². The van der Waals surface area contributed by atoms with E-state index in [4.69, 9.17) is 10.3 Å². The molecule has 0 aliphatic rings. The normalized spacial score (nSPS) is 12.3. The first-order valence-corrected chi connectivity index (χ1v) is 6.87. The summed E-state index contributed by atoms with van der Waals surface area (Å²) in [6.07, 6.45) is 4.40. The van der Waals surface area contributed by atoms with Crippen LogP contribution in [0.4, 0.5) is 0 Å². The number of rotatable bonds is 4. The number of nitrogens with two attached hydrogens (primary N) is 1. The highest BCUT2D eigenvalue weighted by Crippen LogP contribution is 2.24. The lowest BCUT2D eigenvalue weighted by molar-refractivity contribution is 0.367. The van der Waals surface area contributed by atoms with Gasteiger partial charge in [-0.3, -0.25) is 4.98 Å². The smallest absolute Gasteiger partial charge is 0.248 e. The Morgan fingerprint density at radius 2 is 2.00 bits per heavy atom. The maximum atomic E-state index is 6.17. The summed E-state index contributed by atoms with van der Waals surface area (Å²) in [7, 11) is 0. The van der Waals surface area contributed by atoms with E-state index in [1.807, 2.05) is 42.6 Å². The molecule has 2 aromatic heterocycles. The predicted molar refractivity (Wildman–Crippen MR) is 79.4 cm³/mol. The van der Waals surface area contributed by atoms with Crippen molar-refractivity contribution >= 4 is 0 Å². The molecule has 0 aliphatic carbocycles. The Morgan fingerprint density at radius 1 is 1.19 bits per heavy atom. The number of benzene rings is 1. The summed E-state index contributed by atoms with van der Waals surface area (Å²) in [4.78, 5) is 8.56. The van der Waals surface area contributed by atoms with E-state index in [2.05, 4.69) is 22.0 Å². The molecule has 3 rings (SSSR count). The molecule has 0 saturated heterocycles. The van der Waals surface area contributed by atoms with Crippen molar-refractivity contribution in [2.75, 3.05) is 0 Å². The van der Waals surface area contributed by atoms with Crippen LogP contribution in [0.2, 0.25) is 0 Å². The van der Waals surface area contributed by atoms with Gasteiger partial charge in [0.15, 0.2) is 0 Å². The molecule has 0 fully saturated rings. The van der Waals surface area contributed by atoms with Crippen LogP contribution in [0.3, 0.4) is 0 Å². The Labute approximate surface area is 122 Å². The Hall–Kier alpha value is -2.53. The van der Waals surface area contributed by atoms with Gasteiger partial charge >= 0.3 is 0 Å². The van der Waals surface area contributed by atoms with Crippen molar-refractivity contribution in [1.29, 1.82) is 0 Å². The van der Waals surface area contributed by atoms with Gasteiger partial charge in [0.1, 0.15) is 6.04 Å². The fourth-order valence-electron chi connectivity index (χ4n) is 2.20. The third-order valence-electron chi connectivity index (χ3n) is 3.39. The van der Waals surface area contributed by atoms with Crippen LogP contribution < -0.4 is 5.73 Å². The summed E-state index contributed by atoms with van der Waals surface area (Å²) in [5.74, 6) is 0.964. The fraction of sp³-hybridized carbons (Fsp3) is 0.188. The number of aryl methyl sites for hydroxylation is 1. The van der Waals surface area contributed by atoms with E-state index in [1.54, 1.807) is 6.20 Å². The van der Waals surface area contributed by atoms with E-state index in [1.165, 1.54) is 0 Å². The van der Waals surface area contributed by atoms with Gasteiger partial charge in [-0.25, -0.2) is 0 Å². The molecule has 1 unspecified atom stereocenters. The summed E-state index contributed by atoms with van der Waals surface area (Å²) >= 11 is 0. The van der Waals surface area contributed by atoms with Crippen molar-refractivity contribution in [1.82, 2.24) is 15.1 Å². The molecule has 2 N–H and O–H groups in total. The average Bonchev–Trinajstić information content (AvgIpc) is 3.04. The molecule has 5 nitrogen and oxygen atoms in total. The van der Waals surface area contributed by atoms with Crippen LogP contribution in [-0.2, 0) is 6.42 Å². The molecular weight excluding hydrogens is 264 g/mol. The molecule has 5 heteroatoms. The van der Waals surface area contributed by atoms with Crippen LogP contribution in [0.1, 0.15) is 30.0 Å². The summed E-state index contributed by atoms with van der Waals surface area (Å²) < 4.78 is 5.33. The Kier molecular flexibility index (Phi) is 3.75. The third kappa shape index (κ3) is 2.68. The highest BCUT2D eigenvalue weighted by atomic mass is 16.5. The van der Waals surface area contributed by atoms with E-state index in [-0.39, 0.29) is 0 Å². The first-order valence-electron chi connectivity index (χ1n) is 6.87. The molecule has 3 aromatic rings. The van der Waals surface area contributed by atoms with Crippen LogP contribution in [0.15, 0.2) is 53.3 Å². The van der Waals surface area contributed by atoms with E-state index < -0.39 is 6.04 Å². The van der Waals surface area contributed by atoms with E-state index >= 15 is 0 Å². The first kappa shape index (κ1) is 13.5. The molecule has 0 saturated carbocycles. The zero-order chi connectivity index (χ0) is 14.7. The minimum absolute atomic E-state index is 0.412. The number of pyridine rings is 1. The molecule has 0 bridgehead atoms. The number of hydrogen-bond acceptors (Lipinski definition) is 5. The van der Waals surface area contributed by atoms with Crippen molar-refractivity contribution < 1.29 is 4.52 Å². The van der Waals surface area contributed by atoms with Gasteiger partial charge < -0.3 is 10.3 Å². The minimum Gasteiger partial charge on any atom is -0.337 e. The molecule has 0 radical (unpaired) electrons. The molecule has 21 heavy (non-hydrogen) atoms. The maximum Gasteiger partial charge on any atom is 0.248 e. The molecule has 0 spiro atoms. The topological polar surface area (TPSA) is 77.8 Å². The Balaban J connectivity index is 1.93. The fourth-order valence-corrected chi connectivity index (χ4v) is 2.20. The maximum absolute atomic E-state index is 6.17. The predicted octanol–water partition coefficient (Wildman–Crippen LogP) is 2.74. The average molecular weight is 280 g/mol. The number of aromatic nitrogens is 3. The summed E-state index contributed by atoms with van der Waals surface area (Å²) in [6, 6.07) is 11.2. The first-order chi connectivity index (χ1) is 10.3. The molecule has 2 heterocycles. The summed E-state index contributed by atoms with van der Waals surface area (Å²) in [5, 5.41) is 4.05. The van der Waals surface area contributed by atoms with Gasteiger partial charge in [-0.1, -0.05) is 42.4 Å². The largest absolute Gasteiger partial charge is 0.337 e. The monoisotopic (exact) mass is 280 g/mol. The van der Waals surface area contributed by atoms with Gasteiger partial charge in [-0.15, -0.1) is 0 Å². The van der Waals surface area contributed by atoms with Crippen LogP contribution in [0.5, 0.6) is 0 Å². The van der Waals surface area contributed by atoms with Crippen molar-refractivity contribution in [2.45, 2.75) is 19.4 Å². The highest BCUT2D eigenvalue weighted by Gasteiger charge is 2.18. The van der Waals surface area contributed by atoms with Gasteiger partial charge in [0.05, 0.1) is 0 Å². The van der Waals surface area contributed by atoms with Gasteiger partial charge in [-0.2, -0.15) is 4.98 Å². The third-order valence-corrected chi connectivity index (χ3v) is 3.39. The Morgan fingerprint density at radius 3 is 2.76 bits per heavy atom. The highest BCUT2D eigenvalue weighted by molar-refractivity contribution is 5.58. The Bertz CT molecular complexity index is 724. The second kappa shape index (κ2) is 5.85. The zero-order valence-corrected chi connectivity index (χ0v) is 11.7. The van der Waals surface area contributed by atoms with Gasteiger partial charge in [0.25, 0.3) is 0 Å². The van der Waals surface area contributed by atoms with Gasteiger partial charge in [-0.05, 0) is 23.6 Å². The SMILES string of the molecule is CCc1cnccc1-c1noc(C(N)c2ccccc2)n1. The second-order valence-electron chi connectivity index (χ2n) is 4.73.